The van der Waals surface area contributed by atoms with Crippen LogP contribution in [0.5, 0.6) is 0 Å². The Kier molecular flexibility index (Phi) is 4.97. The number of esters is 1. The third-order valence-electron chi connectivity index (χ3n) is 3.61. The first-order chi connectivity index (χ1) is 9.19. The van der Waals surface area contributed by atoms with Crippen molar-refractivity contribution >= 4 is 23.9 Å². The number of benzene rings is 1. The molecule has 1 saturated carbocycles. The molecule has 0 radical (unpaired) electrons. The minimum absolute atomic E-state index is 0.197. The van der Waals surface area contributed by atoms with Gasteiger partial charge >= 0.3 is 5.97 Å². The number of carbonyl (C=O) groups is 2. The van der Waals surface area contributed by atoms with Crippen LogP contribution in [0.15, 0.2) is 24.3 Å². The van der Waals surface area contributed by atoms with Crippen molar-refractivity contribution in [1.29, 1.82) is 0 Å². The van der Waals surface area contributed by atoms with Gasteiger partial charge in [-0.25, -0.2) is 4.79 Å². The molecule has 102 valence electrons. The molecule has 0 N–H and O–H groups in total. The van der Waals surface area contributed by atoms with Crippen LogP contribution < -0.4 is 0 Å². The van der Waals surface area contributed by atoms with Gasteiger partial charge in [0.1, 0.15) is 6.29 Å². The van der Waals surface area contributed by atoms with Crippen LogP contribution in [0.3, 0.4) is 0 Å². The summed E-state index contributed by atoms with van der Waals surface area (Å²) in [6.07, 6.45) is 4.77. The van der Waals surface area contributed by atoms with Crippen LogP contribution in [-0.2, 0) is 9.53 Å². The van der Waals surface area contributed by atoms with Crippen molar-refractivity contribution in [3.05, 3.63) is 34.9 Å². The number of hydrogen-bond donors (Lipinski definition) is 0. The van der Waals surface area contributed by atoms with Crippen LogP contribution in [0.25, 0.3) is 0 Å². The van der Waals surface area contributed by atoms with Crippen LogP contribution in [0.2, 0.25) is 5.02 Å². The van der Waals surface area contributed by atoms with Gasteiger partial charge in [0.25, 0.3) is 0 Å². The zero-order valence-electron chi connectivity index (χ0n) is 10.7. The van der Waals surface area contributed by atoms with Gasteiger partial charge in [-0.1, -0.05) is 11.6 Å². The fraction of sp³-hybridized carbons (Fsp3) is 0.467. The van der Waals surface area contributed by atoms with E-state index < -0.39 is 0 Å². The van der Waals surface area contributed by atoms with Crippen molar-refractivity contribution < 1.29 is 14.3 Å². The van der Waals surface area contributed by atoms with E-state index in [2.05, 4.69) is 0 Å². The van der Waals surface area contributed by atoms with Crippen LogP contribution >= 0.6 is 11.6 Å². The smallest absolute Gasteiger partial charge is 0.338 e. The van der Waals surface area contributed by atoms with Gasteiger partial charge in [0.05, 0.1) is 12.2 Å². The van der Waals surface area contributed by atoms with E-state index in [9.17, 15) is 9.59 Å². The average molecular weight is 281 g/mol. The molecule has 3 nitrogen and oxygen atoms in total. The minimum Gasteiger partial charge on any atom is -0.462 e. The Morgan fingerprint density at radius 1 is 1.21 bits per heavy atom. The van der Waals surface area contributed by atoms with Crippen molar-refractivity contribution in [2.75, 3.05) is 6.61 Å². The van der Waals surface area contributed by atoms with E-state index >= 15 is 0 Å². The van der Waals surface area contributed by atoms with Gasteiger partial charge in [-0.15, -0.1) is 0 Å². The first-order valence-electron chi connectivity index (χ1n) is 6.57. The molecule has 1 aromatic carbocycles. The number of carbonyl (C=O) groups excluding carboxylic acids is 2. The van der Waals surface area contributed by atoms with Crippen molar-refractivity contribution in [2.24, 2.45) is 11.8 Å². The highest BCUT2D eigenvalue weighted by molar-refractivity contribution is 6.30. The van der Waals surface area contributed by atoms with Gasteiger partial charge in [0.15, 0.2) is 0 Å². The van der Waals surface area contributed by atoms with E-state index in [4.69, 9.17) is 16.3 Å². The second-order valence-electron chi connectivity index (χ2n) is 5.02. The lowest BCUT2D eigenvalue weighted by molar-refractivity contribution is -0.112. The second kappa shape index (κ2) is 6.71. The molecule has 0 aliphatic heterocycles. The Labute approximate surface area is 117 Å². The molecule has 4 heteroatoms. The Morgan fingerprint density at radius 2 is 1.84 bits per heavy atom. The molecule has 0 atom stereocenters. The first-order valence-corrected chi connectivity index (χ1v) is 6.95. The Bertz CT molecular complexity index is 433. The number of hydrogen-bond acceptors (Lipinski definition) is 3. The fourth-order valence-electron chi connectivity index (χ4n) is 2.35. The molecule has 0 aromatic heterocycles. The molecule has 1 aliphatic rings. The summed E-state index contributed by atoms with van der Waals surface area (Å²) in [4.78, 5) is 22.4. The number of rotatable bonds is 4. The predicted octanol–water partition coefficient (Wildman–Crippen LogP) is 3.50. The van der Waals surface area contributed by atoms with E-state index in [0.29, 0.717) is 23.1 Å². The summed E-state index contributed by atoms with van der Waals surface area (Å²) in [5, 5.41) is 0.601. The normalized spacial score (nSPS) is 22.8. The monoisotopic (exact) mass is 280 g/mol. The van der Waals surface area contributed by atoms with E-state index in [1.165, 1.54) is 0 Å². The van der Waals surface area contributed by atoms with Crippen LogP contribution in [0, 0.1) is 11.8 Å². The molecule has 0 spiro atoms. The third kappa shape index (κ3) is 4.06. The molecule has 2 rings (SSSR count). The van der Waals surface area contributed by atoms with Crippen LogP contribution in [-0.4, -0.2) is 18.9 Å². The van der Waals surface area contributed by atoms with E-state index in [0.717, 1.165) is 32.0 Å². The summed E-state index contributed by atoms with van der Waals surface area (Å²) in [6, 6.07) is 6.67. The first kappa shape index (κ1) is 14.1. The third-order valence-corrected chi connectivity index (χ3v) is 3.87. The van der Waals surface area contributed by atoms with Crippen molar-refractivity contribution in [3.63, 3.8) is 0 Å². The van der Waals surface area contributed by atoms with Crippen LogP contribution in [0.4, 0.5) is 0 Å². The summed E-state index contributed by atoms with van der Waals surface area (Å²) in [5.41, 5.74) is 0.519. The standard InChI is InChI=1S/C15H17ClO3/c16-14-7-5-13(6-8-14)15(18)19-10-12-3-1-11(9-17)2-4-12/h5-9,11-12H,1-4,10H2. The fourth-order valence-corrected chi connectivity index (χ4v) is 2.48. The molecular formula is C15H17ClO3. The maximum atomic E-state index is 11.8. The van der Waals surface area contributed by atoms with E-state index in [1.807, 2.05) is 0 Å². The molecule has 0 heterocycles. The van der Waals surface area contributed by atoms with Crippen molar-refractivity contribution in [3.8, 4) is 0 Å². The molecule has 1 fully saturated rings. The summed E-state index contributed by atoms with van der Waals surface area (Å²) in [5.74, 6) is 0.268. The number of halogens is 1. The molecule has 1 aliphatic carbocycles. The quantitative estimate of drug-likeness (QED) is 0.626. The van der Waals surface area contributed by atoms with Gasteiger partial charge in [0, 0.05) is 10.9 Å². The van der Waals surface area contributed by atoms with Gasteiger partial charge in [-0.2, -0.15) is 0 Å². The van der Waals surface area contributed by atoms with Gasteiger partial charge in [-0.05, 0) is 55.9 Å². The molecule has 0 unspecified atom stereocenters. The summed E-state index contributed by atoms with van der Waals surface area (Å²) < 4.78 is 5.31. The molecule has 0 amide bonds. The highest BCUT2D eigenvalue weighted by Crippen LogP contribution is 2.27. The molecule has 1 aromatic rings. The molecule has 0 bridgehead atoms. The predicted molar refractivity (Wildman–Crippen MR) is 73.2 cm³/mol. The molecular weight excluding hydrogens is 264 g/mol. The van der Waals surface area contributed by atoms with E-state index in [-0.39, 0.29) is 11.9 Å². The Morgan fingerprint density at radius 3 is 2.42 bits per heavy atom. The lowest BCUT2D eigenvalue weighted by atomic mass is 9.83. The second-order valence-corrected chi connectivity index (χ2v) is 5.46. The summed E-state index contributed by atoms with van der Waals surface area (Å²) in [6.45, 7) is 0.438. The van der Waals surface area contributed by atoms with Crippen molar-refractivity contribution in [2.45, 2.75) is 25.7 Å². The van der Waals surface area contributed by atoms with Crippen LogP contribution in [0.1, 0.15) is 36.0 Å². The SMILES string of the molecule is O=CC1CCC(COC(=O)c2ccc(Cl)cc2)CC1. The zero-order valence-corrected chi connectivity index (χ0v) is 11.4. The largest absolute Gasteiger partial charge is 0.462 e. The van der Waals surface area contributed by atoms with E-state index in [1.54, 1.807) is 24.3 Å². The van der Waals surface area contributed by atoms with Crippen molar-refractivity contribution in [1.82, 2.24) is 0 Å². The molecule has 19 heavy (non-hydrogen) atoms. The number of aldehydes is 1. The highest BCUT2D eigenvalue weighted by atomic mass is 35.5. The summed E-state index contributed by atoms with van der Waals surface area (Å²) >= 11 is 5.76. The average Bonchev–Trinajstić information content (AvgIpc) is 2.46. The van der Waals surface area contributed by atoms with Gasteiger partial charge < -0.3 is 9.53 Å². The topological polar surface area (TPSA) is 43.4 Å². The molecule has 0 saturated heterocycles. The van der Waals surface area contributed by atoms with Gasteiger partial charge in [-0.3, -0.25) is 0 Å². The Hall–Kier alpha value is -1.35. The highest BCUT2D eigenvalue weighted by Gasteiger charge is 2.22. The number of ether oxygens (including phenoxy) is 1. The maximum absolute atomic E-state index is 11.8. The lowest BCUT2D eigenvalue weighted by Gasteiger charge is -2.24. The lowest BCUT2D eigenvalue weighted by Crippen LogP contribution is -2.21. The zero-order chi connectivity index (χ0) is 13.7. The minimum atomic E-state index is -0.311. The Balaban J connectivity index is 1.78. The summed E-state index contributed by atoms with van der Waals surface area (Å²) in [7, 11) is 0. The maximum Gasteiger partial charge on any atom is 0.338 e. The van der Waals surface area contributed by atoms with Gasteiger partial charge in [0.2, 0.25) is 0 Å².